The summed E-state index contributed by atoms with van der Waals surface area (Å²) in [6.45, 7) is 4.93. The molecule has 4 aliphatic heterocycles. The van der Waals surface area contributed by atoms with Crippen molar-refractivity contribution < 1.29 is 24.3 Å². The molecule has 45 heavy (non-hydrogen) atoms. The monoisotopic (exact) mass is 616 g/mol. The van der Waals surface area contributed by atoms with E-state index in [1.165, 1.54) is 43.5 Å². The van der Waals surface area contributed by atoms with Gasteiger partial charge in [0.15, 0.2) is 0 Å². The molecule has 0 aliphatic carbocycles. The molecule has 11 nitrogen and oxygen atoms in total. The van der Waals surface area contributed by atoms with E-state index in [-0.39, 0.29) is 36.1 Å². The average molecular weight is 617 g/mol. The lowest BCUT2D eigenvalue weighted by molar-refractivity contribution is -0.140. The number of phenolic OH excluding ortho intramolecular Hbond substituents is 1. The summed E-state index contributed by atoms with van der Waals surface area (Å²) >= 11 is 0. The molecule has 1 atom stereocenters. The number of phenols is 1. The van der Waals surface area contributed by atoms with Crippen LogP contribution in [0.3, 0.4) is 0 Å². The average Bonchev–Trinajstić information content (AvgIpc) is 3.08. The van der Waals surface area contributed by atoms with Crippen LogP contribution in [0.15, 0.2) is 48.5 Å². The maximum absolute atomic E-state index is 13.9. The van der Waals surface area contributed by atoms with Gasteiger partial charge in [-0.25, -0.2) is 4.79 Å². The van der Waals surface area contributed by atoms with Crippen LogP contribution in [0.2, 0.25) is 0 Å². The Kier molecular flexibility index (Phi) is 9.53. The number of likely N-dealkylation sites (tertiary alicyclic amines) is 3. The number of urea groups is 1. The fraction of sp³-hybridized carbons (Fsp3) is 0.529. The van der Waals surface area contributed by atoms with E-state index >= 15 is 0 Å². The van der Waals surface area contributed by atoms with Gasteiger partial charge < -0.3 is 35.3 Å². The molecule has 5 amide bonds. The molecule has 4 aliphatic rings. The number of para-hydroxylation sites is 1. The molecule has 0 radical (unpaired) electrons. The van der Waals surface area contributed by atoms with Crippen molar-refractivity contribution in [3.8, 4) is 5.75 Å². The lowest BCUT2D eigenvalue weighted by Gasteiger charge is -2.41. The molecule has 3 N–H and O–H groups in total. The van der Waals surface area contributed by atoms with Crippen molar-refractivity contribution >= 4 is 29.4 Å². The van der Waals surface area contributed by atoms with Gasteiger partial charge in [0, 0.05) is 56.1 Å². The largest absolute Gasteiger partial charge is 0.508 e. The molecule has 3 saturated heterocycles. The Morgan fingerprint density at radius 2 is 1.47 bits per heavy atom. The van der Waals surface area contributed by atoms with Gasteiger partial charge in [-0.3, -0.25) is 14.4 Å². The van der Waals surface area contributed by atoms with Gasteiger partial charge in [0.25, 0.3) is 5.91 Å². The highest BCUT2D eigenvalue weighted by Crippen LogP contribution is 2.28. The zero-order chi connectivity index (χ0) is 31.3. The number of carbonyl (C=O) groups is 4. The van der Waals surface area contributed by atoms with Gasteiger partial charge in [-0.15, -0.1) is 0 Å². The zero-order valence-corrected chi connectivity index (χ0v) is 25.8. The van der Waals surface area contributed by atoms with Gasteiger partial charge >= 0.3 is 6.03 Å². The molecule has 1 unspecified atom stereocenters. The maximum atomic E-state index is 13.9. The van der Waals surface area contributed by atoms with E-state index in [1.54, 1.807) is 9.80 Å². The fourth-order valence-corrected chi connectivity index (χ4v) is 7.26. The van der Waals surface area contributed by atoms with E-state index < -0.39 is 11.9 Å². The standard InChI is InChI=1S/C34H44N6O5/c41-28-10-8-24(9-11-28)32(43)35-30(33(44)39-20-12-26(13-21-39)37-16-4-1-5-17-37)22-31(42)38-18-14-27(15-19-38)40-23-25-6-2-3-7-29(25)36-34(40)45/h2-3,6-11,26-27,30,41H,1,4-5,12-23H2,(H,35,43)(H,36,45). The van der Waals surface area contributed by atoms with Gasteiger partial charge in [-0.2, -0.15) is 0 Å². The second-order valence-electron chi connectivity index (χ2n) is 12.8. The Bertz CT molecular complexity index is 1380. The minimum absolute atomic E-state index is 0.00948. The smallest absolute Gasteiger partial charge is 0.322 e. The Morgan fingerprint density at radius 1 is 0.822 bits per heavy atom. The molecule has 3 fully saturated rings. The third kappa shape index (κ3) is 7.24. The van der Waals surface area contributed by atoms with Crippen LogP contribution in [0.4, 0.5) is 10.5 Å². The number of nitrogens with one attached hydrogen (secondary N) is 2. The van der Waals surface area contributed by atoms with Crippen LogP contribution < -0.4 is 10.6 Å². The Balaban J connectivity index is 1.08. The molecule has 2 aromatic rings. The number of hydrogen-bond donors (Lipinski definition) is 3. The SMILES string of the molecule is O=C(NC(CC(=O)N1CCC(N2Cc3ccccc3NC2=O)CC1)C(=O)N1CCC(N2CCCCC2)CC1)c1ccc(O)cc1. The van der Waals surface area contributed by atoms with Crippen molar-refractivity contribution in [2.24, 2.45) is 0 Å². The maximum Gasteiger partial charge on any atom is 0.322 e. The number of amides is 5. The number of rotatable bonds is 7. The number of anilines is 1. The summed E-state index contributed by atoms with van der Waals surface area (Å²) in [4.78, 5) is 61.4. The van der Waals surface area contributed by atoms with Crippen LogP contribution in [0, 0.1) is 0 Å². The third-order valence-electron chi connectivity index (χ3n) is 9.91. The number of piperidine rings is 3. The molecule has 0 saturated carbocycles. The van der Waals surface area contributed by atoms with E-state index in [2.05, 4.69) is 15.5 Å². The van der Waals surface area contributed by atoms with Crippen molar-refractivity contribution in [2.45, 2.75) is 76.0 Å². The highest BCUT2D eigenvalue weighted by Gasteiger charge is 2.36. The first-order valence-corrected chi connectivity index (χ1v) is 16.4. The molecule has 0 bridgehead atoms. The molecule has 0 aromatic heterocycles. The second-order valence-corrected chi connectivity index (χ2v) is 12.8. The molecule has 0 spiro atoms. The van der Waals surface area contributed by atoms with E-state index in [9.17, 15) is 24.3 Å². The Hall–Kier alpha value is -4.12. The highest BCUT2D eigenvalue weighted by atomic mass is 16.3. The van der Waals surface area contributed by atoms with Crippen LogP contribution in [0.25, 0.3) is 0 Å². The summed E-state index contributed by atoms with van der Waals surface area (Å²) in [7, 11) is 0. The van der Waals surface area contributed by atoms with Gasteiger partial charge in [-0.05, 0) is 87.5 Å². The van der Waals surface area contributed by atoms with Crippen LogP contribution in [-0.2, 0) is 16.1 Å². The molecule has 240 valence electrons. The summed E-state index contributed by atoms with van der Waals surface area (Å²) in [5.41, 5.74) is 2.22. The lowest BCUT2D eigenvalue weighted by atomic mass is 9.98. The molecule has 11 heteroatoms. The highest BCUT2D eigenvalue weighted by molar-refractivity contribution is 5.99. The summed E-state index contributed by atoms with van der Waals surface area (Å²) in [6.07, 6.45) is 6.67. The zero-order valence-electron chi connectivity index (χ0n) is 25.8. The van der Waals surface area contributed by atoms with Crippen LogP contribution in [0.1, 0.15) is 67.3 Å². The van der Waals surface area contributed by atoms with Gasteiger partial charge in [0.1, 0.15) is 11.8 Å². The normalized spacial score (nSPS) is 20.7. The molecular weight excluding hydrogens is 572 g/mol. The fourth-order valence-electron chi connectivity index (χ4n) is 7.26. The first-order valence-electron chi connectivity index (χ1n) is 16.4. The van der Waals surface area contributed by atoms with Gasteiger partial charge in [-0.1, -0.05) is 24.6 Å². The summed E-state index contributed by atoms with van der Waals surface area (Å²) in [6, 6.07) is 13.0. The first-order chi connectivity index (χ1) is 21.9. The number of benzene rings is 2. The topological polar surface area (TPSA) is 126 Å². The minimum Gasteiger partial charge on any atom is -0.508 e. The van der Waals surface area contributed by atoms with Crippen molar-refractivity contribution in [3.63, 3.8) is 0 Å². The lowest BCUT2D eigenvalue weighted by Crippen LogP contribution is -2.55. The van der Waals surface area contributed by atoms with Gasteiger partial charge in [0.05, 0.1) is 6.42 Å². The second kappa shape index (κ2) is 13.9. The molecule has 6 rings (SSSR count). The number of carbonyl (C=O) groups excluding carboxylic acids is 4. The number of hydrogen-bond acceptors (Lipinski definition) is 6. The Labute approximate surface area is 264 Å². The summed E-state index contributed by atoms with van der Waals surface area (Å²) in [5.74, 6) is -0.833. The number of fused-ring (bicyclic) bond motifs is 1. The van der Waals surface area contributed by atoms with E-state index in [0.717, 1.165) is 37.2 Å². The van der Waals surface area contributed by atoms with Crippen LogP contribution in [-0.4, -0.2) is 106 Å². The van der Waals surface area contributed by atoms with Crippen molar-refractivity contribution in [1.82, 2.24) is 24.9 Å². The number of nitrogens with zero attached hydrogens (tertiary/aromatic N) is 4. The summed E-state index contributed by atoms with van der Waals surface area (Å²) < 4.78 is 0. The van der Waals surface area contributed by atoms with Crippen molar-refractivity contribution in [1.29, 1.82) is 0 Å². The predicted octanol–water partition coefficient (Wildman–Crippen LogP) is 3.40. The number of aromatic hydroxyl groups is 1. The van der Waals surface area contributed by atoms with Crippen molar-refractivity contribution in [3.05, 3.63) is 59.7 Å². The van der Waals surface area contributed by atoms with Crippen LogP contribution in [0.5, 0.6) is 5.75 Å². The van der Waals surface area contributed by atoms with E-state index in [0.29, 0.717) is 57.2 Å². The third-order valence-corrected chi connectivity index (χ3v) is 9.91. The van der Waals surface area contributed by atoms with E-state index in [4.69, 9.17) is 0 Å². The predicted molar refractivity (Wildman–Crippen MR) is 170 cm³/mol. The van der Waals surface area contributed by atoms with Gasteiger partial charge in [0.2, 0.25) is 11.8 Å². The van der Waals surface area contributed by atoms with Crippen molar-refractivity contribution in [2.75, 3.05) is 44.6 Å². The molecule has 2 aromatic carbocycles. The van der Waals surface area contributed by atoms with E-state index in [1.807, 2.05) is 29.2 Å². The minimum atomic E-state index is -0.993. The Morgan fingerprint density at radius 3 is 2.18 bits per heavy atom. The summed E-state index contributed by atoms with van der Waals surface area (Å²) in [5, 5.41) is 15.5. The first kappa shape index (κ1) is 30.9. The quantitative estimate of drug-likeness (QED) is 0.438. The van der Waals surface area contributed by atoms with Crippen LogP contribution >= 0.6 is 0 Å². The molecule has 4 heterocycles. The molecular formula is C34H44N6O5.